The van der Waals surface area contributed by atoms with Crippen LogP contribution in [0.25, 0.3) is 0 Å². The molecule has 0 spiro atoms. The summed E-state index contributed by atoms with van der Waals surface area (Å²) in [6, 6.07) is 0. The third kappa shape index (κ3) is 2740. The van der Waals surface area contributed by atoms with Crippen LogP contribution >= 0.6 is 0 Å². The van der Waals surface area contributed by atoms with Crippen LogP contribution in [-0.4, -0.2) is 25.1 Å². The zero-order chi connectivity index (χ0) is 10.8. The van der Waals surface area contributed by atoms with E-state index in [4.69, 9.17) is 19.2 Å². The summed E-state index contributed by atoms with van der Waals surface area (Å²) in [7, 11) is 0. The molecular formula is C8H12O4Ti. The molecule has 0 bridgehead atoms. The van der Waals surface area contributed by atoms with Gasteiger partial charge in [0.2, 0.25) is 0 Å². The predicted molar refractivity (Wildman–Crippen MR) is 45.5 cm³/mol. The molecule has 0 aliphatic rings. The Kier molecular flexibility index (Phi) is 242. The molecule has 0 saturated carbocycles. The maximum absolute atomic E-state index is 8.68. The van der Waals surface area contributed by atoms with Crippen LogP contribution in [0.2, 0.25) is 0 Å². The molecule has 0 rings (SSSR count). The van der Waals surface area contributed by atoms with Crippen molar-refractivity contribution in [3.05, 3.63) is 0 Å². The minimum Gasteiger partial charge on any atom is -0.542 e. The van der Waals surface area contributed by atoms with Crippen LogP contribution < -0.4 is 0 Å². The zero-order valence-corrected chi connectivity index (χ0v) is 9.69. The normalized spacial score (nSPS) is 4.00. The molecule has 0 aromatic rings. The van der Waals surface area contributed by atoms with Crippen LogP contribution in [0.4, 0.5) is 0 Å². The average Bonchev–Trinajstić information content (AvgIpc) is 1.92. The summed E-state index contributed by atoms with van der Waals surface area (Å²) >= 11 is 0. The first-order chi connectivity index (χ1) is 5.66. The first-order valence-corrected chi connectivity index (χ1v) is 2.82. The van der Waals surface area contributed by atoms with E-state index >= 15 is 0 Å². The second-order valence-electron chi connectivity index (χ2n) is 0.816. The largest absolute Gasteiger partial charge is 4.00 e. The summed E-state index contributed by atoms with van der Waals surface area (Å²) in [4.78, 5) is 34.7. The van der Waals surface area contributed by atoms with Gasteiger partial charge in [0.1, 0.15) is 0 Å². The molecular weight excluding hydrogens is 208 g/mol. The van der Waals surface area contributed by atoms with Crippen LogP contribution in [0.3, 0.4) is 0 Å². The third-order valence-corrected chi connectivity index (χ3v) is 0. The van der Waals surface area contributed by atoms with E-state index in [2.05, 4.69) is 0 Å². The van der Waals surface area contributed by atoms with Gasteiger partial charge in [0.25, 0.3) is 0 Å². The number of hydrogen-bond acceptors (Lipinski definition) is 4. The van der Waals surface area contributed by atoms with Crippen LogP contribution in [-0.2, 0) is 40.9 Å². The molecule has 0 saturated heterocycles. The molecule has 4 nitrogen and oxygen atoms in total. The van der Waals surface area contributed by atoms with Crippen molar-refractivity contribution in [2.75, 3.05) is 0 Å². The number of carbonyl (C=O) groups excluding carboxylic acids is 4. The van der Waals surface area contributed by atoms with Gasteiger partial charge < -0.3 is 19.2 Å². The monoisotopic (exact) mass is 220 g/mol. The van der Waals surface area contributed by atoms with Crippen LogP contribution in [0.1, 0.15) is 27.7 Å². The molecule has 0 amide bonds. The summed E-state index contributed by atoms with van der Waals surface area (Å²) < 4.78 is 0. The molecule has 0 aliphatic heterocycles. The summed E-state index contributed by atoms with van der Waals surface area (Å²) in [5.74, 6) is 0. The summed E-state index contributed by atoms with van der Waals surface area (Å²) in [5.41, 5.74) is 0. The van der Waals surface area contributed by atoms with E-state index in [0.717, 1.165) is 0 Å². The molecule has 0 atom stereocenters. The molecule has 0 radical (unpaired) electrons. The Morgan fingerprint density at radius 2 is 0.538 bits per heavy atom. The van der Waals surface area contributed by atoms with Gasteiger partial charge >= 0.3 is 21.7 Å². The fourth-order valence-corrected chi connectivity index (χ4v) is 0. The van der Waals surface area contributed by atoms with Crippen molar-refractivity contribution in [2.24, 2.45) is 0 Å². The molecule has 13 heavy (non-hydrogen) atoms. The molecule has 5 heteroatoms. The van der Waals surface area contributed by atoms with Gasteiger partial charge in [-0.1, -0.05) is 0 Å². The van der Waals surface area contributed by atoms with Gasteiger partial charge in [-0.15, -0.1) is 0 Å². The van der Waals surface area contributed by atoms with Crippen molar-refractivity contribution in [3.8, 4) is 0 Å². The quantitative estimate of drug-likeness (QED) is 0.439. The first kappa shape index (κ1) is 29.4. The SMILES string of the molecule is C[C-]=O.C[C-]=O.C[C-]=O.C[C-]=O.[Ti+4]. The summed E-state index contributed by atoms with van der Waals surface area (Å²) in [6.07, 6.45) is 6.00. The van der Waals surface area contributed by atoms with Crippen LogP contribution in [0.5, 0.6) is 0 Å². The second kappa shape index (κ2) is 107. The fraction of sp³-hybridized carbons (Fsp3) is 0.500. The Hall–Kier alpha value is -0.606. The van der Waals surface area contributed by atoms with E-state index in [1.54, 1.807) is 0 Å². The minimum absolute atomic E-state index is 0. The van der Waals surface area contributed by atoms with Gasteiger partial charge in [-0.2, -0.15) is 27.7 Å². The van der Waals surface area contributed by atoms with E-state index in [-0.39, 0.29) is 21.7 Å². The molecule has 72 valence electrons. The second-order valence-corrected chi connectivity index (χ2v) is 0.816. The Morgan fingerprint density at radius 3 is 0.538 bits per heavy atom. The van der Waals surface area contributed by atoms with Crippen LogP contribution in [0, 0.1) is 0 Å². The number of hydrogen-bond donors (Lipinski definition) is 0. The Bertz CT molecular complexity index is 70.1. The zero-order valence-electron chi connectivity index (χ0n) is 8.13. The summed E-state index contributed by atoms with van der Waals surface area (Å²) in [6.45, 7) is 5.28. The molecule has 0 fully saturated rings. The minimum atomic E-state index is 0. The number of rotatable bonds is 0. The molecule has 0 aromatic carbocycles. The maximum atomic E-state index is 8.68. The van der Waals surface area contributed by atoms with E-state index in [0.29, 0.717) is 0 Å². The van der Waals surface area contributed by atoms with Gasteiger partial charge in [-0.3, -0.25) is 25.1 Å². The van der Waals surface area contributed by atoms with Crippen molar-refractivity contribution in [2.45, 2.75) is 27.7 Å². The Balaban J connectivity index is -0.0000000213. The average molecular weight is 220 g/mol. The van der Waals surface area contributed by atoms with Crippen molar-refractivity contribution in [1.82, 2.24) is 0 Å². The smallest absolute Gasteiger partial charge is 0.542 e. The van der Waals surface area contributed by atoms with Crippen LogP contribution in [0.15, 0.2) is 0 Å². The topological polar surface area (TPSA) is 68.3 Å². The fourth-order valence-electron chi connectivity index (χ4n) is 0. The van der Waals surface area contributed by atoms with Crippen molar-refractivity contribution < 1.29 is 40.9 Å². The predicted octanol–water partition coefficient (Wildman–Crippen LogP) is 0.462. The Labute approximate surface area is 94.0 Å². The molecule has 0 aromatic heterocycles. The summed E-state index contributed by atoms with van der Waals surface area (Å²) in [5, 5.41) is 0. The van der Waals surface area contributed by atoms with E-state index in [9.17, 15) is 0 Å². The third-order valence-electron chi connectivity index (χ3n) is 0. The van der Waals surface area contributed by atoms with Gasteiger partial charge in [0, 0.05) is 0 Å². The van der Waals surface area contributed by atoms with E-state index < -0.39 is 0 Å². The molecule has 0 heterocycles. The first-order valence-electron chi connectivity index (χ1n) is 2.82. The maximum Gasteiger partial charge on any atom is 4.00 e. The molecule has 0 unspecified atom stereocenters. The van der Waals surface area contributed by atoms with Gasteiger partial charge in [0.15, 0.2) is 0 Å². The van der Waals surface area contributed by atoms with E-state index in [1.807, 2.05) is 0 Å². The van der Waals surface area contributed by atoms with Crippen molar-refractivity contribution >= 4 is 25.1 Å². The van der Waals surface area contributed by atoms with E-state index in [1.165, 1.54) is 52.8 Å². The van der Waals surface area contributed by atoms with Crippen molar-refractivity contribution in [1.29, 1.82) is 0 Å². The van der Waals surface area contributed by atoms with Gasteiger partial charge in [0.05, 0.1) is 0 Å². The van der Waals surface area contributed by atoms with Gasteiger partial charge in [-0.25, -0.2) is 0 Å². The molecule has 0 aliphatic carbocycles. The Morgan fingerprint density at radius 1 is 0.538 bits per heavy atom. The standard InChI is InChI=1S/4C2H3O.Ti/c4*1-2-3;/h4*1H3;/q4*-1;+4. The van der Waals surface area contributed by atoms with Gasteiger partial charge in [-0.05, 0) is 0 Å². The van der Waals surface area contributed by atoms with Crippen molar-refractivity contribution in [3.63, 3.8) is 0 Å². The molecule has 0 N–H and O–H groups in total.